The highest BCUT2D eigenvalue weighted by molar-refractivity contribution is 5.94. The molecule has 1 amide bonds. The van der Waals surface area contributed by atoms with E-state index in [4.69, 9.17) is 5.11 Å². The molecule has 2 rings (SSSR count). The number of H-pyrrole nitrogens is 1. The van der Waals surface area contributed by atoms with Crippen LogP contribution in [-0.4, -0.2) is 40.1 Å². The lowest BCUT2D eigenvalue weighted by Crippen LogP contribution is -2.35. The minimum Gasteiger partial charge on any atom is -0.396 e. The second-order valence-corrected chi connectivity index (χ2v) is 4.60. The summed E-state index contributed by atoms with van der Waals surface area (Å²) >= 11 is 0. The Hall–Kier alpha value is -1.62. The maximum atomic E-state index is 12.3. The van der Waals surface area contributed by atoms with Gasteiger partial charge < -0.3 is 15.0 Å². The lowest BCUT2D eigenvalue weighted by molar-refractivity contribution is 0.0724. The Kier molecular flexibility index (Phi) is 4.15. The van der Waals surface area contributed by atoms with E-state index in [1.807, 2.05) is 4.90 Å². The highest BCUT2D eigenvalue weighted by Crippen LogP contribution is 2.23. The number of amides is 1. The molecule has 1 fully saturated rings. The number of nitrogens with zero attached hydrogens (tertiary/aromatic N) is 1. The van der Waals surface area contributed by atoms with Crippen LogP contribution in [0.4, 0.5) is 0 Å². The number of aliphatic hydroxyl groups is 1. The highest BCUT2D eigenvalue weighted by Gasteiger charge is 2.28. The monoisotopic (exact) mass is 250 g/mol. The molecule has 18 heavy (non-hydrogen) atoms. The summed E-state index contributed by atoms with van der Waals surface area (Å²) in [6, 6.07) is 3.14. The number of aliphatic hydroxyl groups excluding tert-OH is 1. The second kappa shape index (κ2) is 5.82. The summed E-state index contributed by atoms with van der Waals surface area (Å²) in [5, 5.41) is 8.86. The molecule has 0 radical (unpaired) electrons. The van der Waals surface area contributed by atoms with E-state index in [0.717, 1.165) is 32.2 Å². The fourth-order valence-electron chi connectivity index (χ4n) is 2.44. The molecule has 1 saturated heterocycles. The van der Waals surface area contributed by atoms with E-state index >= 15 is 0 Å². The van der Waals surface area contributed by atoms with Gasteiger partial charge in [-0.2, -0.15) is 0 Å². The van der Waals surface area contributed by atoms with Gasteiger partial charge in [0, 0.05) is 31.5 Å². The molecule has 1 unspecified atom stereocenters. The van der Waals surface area contributed by atoms with Crippen molar-refractivity contribution >= 4 is 5.91 Å². The van der Waals surface area contributed by atoms with E-state index in [9.17, 15) is 9.59 Å². The zero-order valence-electron chi connectivity index (χ0n) is 10.3. The normalized spacial score (nSPS) is 19.2. The predicted octanol–water partition coefficient (Wildman–Crippen LogP) is 0.752. The second-order valence-electron chi connectivity index (χ2n) is 4.60. The SMILES string of the molecule is O=C(c1ccc(=O)[nH]c1)N1CCCC1CCCO. The number of hydrogen-bond donors (Lipinski definition) is 2. The first-order valence-electron chi connectivity index (χ1n) is 6.33. The smallest absolute Gasteiger partial charge is 0.255 e. The third kappa shape index (κ3) is 2.79. The van der Waals surface area contributed by atoms with E-state index in [-0.39, 0.29) is 24.1 Å². The van der Waals surface area contributed by atoms with E-state index in [1.54, 1.807) is 6.07 Å². The zero-order chi connectivity index (χ0) is 13.0. The summed E-state index contributed by atoms with van der Waals surface area (Å²) in [5.74, 6) is -0.0355. The maximum absolute atomic E-state index is 12.3. The Morgan fingerprint density at radius 1 is 1.50 bits per heavy atom. The molecule has 1 aromatic rings. The summed E-state index contributed by atoms with van der Waals surface area (Å²) in [6.45, 7) is 0.922. The average molecular weight is 250 g/mol. The fourth-order valence-corrected chi connectivity index (χ4v) is 2.44. The van der Waals surface area contributed by atoms with Gasteiger partial charge in [-0.25, -0.2) is 0 Å². The molecular weight excluding hydrogens is 232 g/mol. The molecule has 2 N–H and O–H groups in total. The van der Waals surface area contributed by atoms with Gasteiger partial charge in [0.05, 0.1) is 5.56 Å². The van der Waals surface area contributed by atoms with Gasteiger partial charge in [0.15, 0.2) is 0 Å². The zero-order valence-corrected chi connectivity index (χ0v) is 10.3. The van der Waals surface area contributed by atoms with Crippen LogP contribution in [-0.2, 0) is 0 Å². The molecule has 1 atom stereocenters. The minimum atomic E-state index is -0.204. The van der Waals surface area contributed by atoms with Crippen LogP contribution in [0, 0.1) is 0 Å². The van der Waals surface area contributed by atoms with Crippen molar-refractivity contribution in [2.75, 3.05) is 13.2 Å². The molecule has 0 bridgehead atoms. The number of likely N-dealkylation sites (tertiary alicyclic amines) is 1. The summed E-state index contributed by atoms with van der Waals surface area (Å²) in [6.07, 6.45) is 5.03. The Morgan fingerprint density at radius 3 is 3.00 bits per heavy atom. The van der Waals surface area contributed by atoms with Crippen LogP contribution >= 0.6 is 0 Å². The van der Waals surface area contributed by atoms with Gasteiger partial charge in [-0.3, -0.25) is 9.59 Å². The third-order valence-electron chi connectivity index (χ3n) is 3.36. The lowest BCUT2D eigenvalue weighted by Gasteiger charge is -2.24. The van der Waals surface area contributed by atoms with Crippen LogP contribution in [0.25, 0.3) is 0 Å². The molecule has 1 aliphatic heterocycles. The van der Waals surface area contributed by atoms with Crippen molar-refractivity contribution in [2.24, 2.45) is 0 Å². The number of aromatic nitrogens is 1. The van der Waals surface area contributed by atoms with Crippen molar-refractivity contribution in [3.8, 4) is 0 Å². The Labute approximate surface area is 105 Å². The summed E-state index contributed by atoms with van der Waals surface area (Å²) in [5.41, 5.74) is 0.315. The Morgan fingerprint density at radius 2 is 2.33 bits per heavy atom. The minimum absolute atomic E-state index is 0.0355. The molecule has 2 heterocycles. The topological polar surface area (TPSA) is 73.4 Å². The van der Waals surface area contributed by atoms with Gasteiger partial charge in [0.25, 0.3) is 5.91 Å². The molecular formula is C13H18N2O3. The molecule has 0 spiro atoms. The van der Waals surface area contributed by atoms with Gasteiger partial charge in [-0.15, -0.1) is 0 Å². The van der Waals surface area contributed by atoms with Gasteiger partial charge in [0.1, 0.15) is 0 Å². The Bertz CT molecular complexity index is 449. The molecule has 1 aromatic heterocycles. The van der Waals surface area contributed by atoms with Crippen LogP contribution in [0.2, 0.25) is 0 Å². The first kappa shape index (κ1) is 12.8. The van der Waals surface area contributed by atoms with Crippen molar-refractivity contribution in [1.82, 2.24) is 9.88 Å². The number of pyridine rings is 1. The number of carbonyl (C=O) groups is 1. The predicted molar refractivity (Wildman–Crippen MR) is 67.4 cm³/mol. The molecule has 0 aliphatic carbocycles. The average Bonchev–Trinajstić information content (AvgIpc) is 2.84. The van der Waals surface area contributed by atoms with Crippen molar-refractivity contribution in [2.45, 2.75) is 31.7 Å². The quantitative estimate of drug-likeness (QED) is 0.828. The van der Waals surface area contributed by atoms with Crippen LogP contribution in [0.1, 0.15) is 36.0 Å². The van der Waals surface area contributed by atoms with Crippen molar-refractivity contribution in [3.05, 3.63) is 34.2 Å². The first-order valence-corrected chi connectivity index (χ1v) is 6.33. The van der Waals surface area contributed by atoms with Gasteiger partial charge in [-0.1, -0.05) is 0 Å². The molecule has 1 aliphatic rings. The van der Waals surface area contributed by atoms with Crippen LogP contribution < -0.4 is 5.56 Å². The van der Waals surface area contributed by atoms with Crippen molar-refractivity contribution in [3.63, 3.8) is 0 Å². The largest absolute Gasteiger partial charge is 0.396 e. The van der Waals surface area contributed by atoms with Crippen LogP contribution in [0.5, 0.6) is 0 Å². The number of nitrogens with one attached hydrogen (secondary N) is 1. The van der Waals surface area contributed by atoms with E-state index < -0.39 is 0 Å². The molecule has 5 heteroatoms. The number of aromatic amines is 1. The fraction of sp³-hybridized carbons (Fsp3) is 0.538. The number of hydrogen-bond acceptors (Lipinski definition) is 3. The van der Waals surface area contributed by atoms with Gasteiger partial charge >= 0.3 is 0 Å². The standard InChI is InChI=1S/C13H18N2O3/c16-8-2-4-11-3-1-7-15(11)13(18)10-5-6-12(17)14-9-10/h5-6,9,11,16H,1-4,7-8H2,(H,14,17). The lowest BCUT2D eigenvalue weighted by atomic mass is 10.1. The molecule has 0 saturated carbocycles. The summed E-state index contributed by atoms with van der Waals surface area (Å²) < 4.78 is 0. The molecule has 0 aromatic carbocycles. The Balaban J connectivity index is 2.07. The van der Waals surface area contributed by atoms with Gasteiger partial charge in [0.2, 0.25) is 5.56 Å². The van der Waals surface area contributed by atoms with Crippen molar-refractivity contribution < 1.29 is 9.90 Å². The third-order valence-corrected chi connectivity index (χ3v) is 3.36. The maximum Gasteiger partial charge on any atom is 0.255 e. The molecule has 98 valence electrons. The number of carbonyl (C=O) groups excluding carboxylic acids is 1. The van der Waals surface area contributed by atoms with Gasteiger partial charge in [-0.05, 0) is 31.7 Å². The van der Waals surface area contributed by atoms with Crippen LogP contribution in [0.15, 0.2) is 23.1 Å². The highest BCUT2D eigenvalue weighted by atomic mass is 16.3. The first-order chi connectivity index (χ1) is 8.72. The molecule has 5 nitrogen and oxygen atoms in total. The van der Waals surface area contributed by atoms with E-state index in [2.05, 4.69) is 4.98 Å². The number of rotatable bonds is 4. The summed E-state index contributed by atoms with van der Waals surface area (Å²) in [4.78, 5) is 27.6. The van der Waals surface area contributed by atoms with E-state index in [0.29, 0.717) is 5.56 Å². The van der Waals surface area contributed by atoms with Crippen molar-refractivity contribution in [1.29, 1.82) is 0 Å². The van der Waals surface area contributed by atoms with E-state index in [1.165, 1.54) is 12.3 Å². The summed E-state index contributed by atoms with van der Waals surface area (Å²) in [7, 11) is 0. The van der Waals surface area contributed by atoms with Crippen LogP contribution in [0.3, 0.4) is 0 Å².